The van der Waals surface area contributed by atoms with Crippen LogP contribution in [0.2, 0.25) is 5.02 Å². The second kappa shape index (κ2) is 6.05. The van der Waals surface area contributed by atoms with E-state index in [4.69, 9.17) is 21.4 Å². The zero-order valence-corrected chi connectivity index (χ0v) is 10.9. The van der Waals surface area contributed by atoms with Gasteiger partial charge in [0.25, 0.3) is 0 Å². The fourth-order valence-electron chi connectivity index (χ4n) is 1.33. The number of H-pyrrole nitrogens is 1. The van der Waals surface area contributed by atoms with Crippen molar-refractivity contribution in [2.45, 2.75) is 0 Å². The first-order valence-electron chi connectivity index (χ1n) is 4.09. The molecule has 3 N–H and O–H groups in total. The number of phosphoric ester groups is 1. The molecule has 0 fully saturated rings. The van der Waals surface area contributed by atoms with E-state index in [0.29, 0.717) is 20.4 Å². The molecule has 1 aromatic heterocycles. The number of hydrogen-bond donors (Lipinski definition) is 3. The first kappa shape index (κ1) is 16.2. The minimum absolute atomic E-state index is 0. The Kier molecular flexibility index (Phi) is 5.75. The molecule has 1 heterocycles. The van der Waals surface area contributed by atoms with Gasteiger partial charge in [-0.05, 0) is 28.1 Å². The van der Waals surface area contributed by atoms with E-state index < -0.39 is 7.82 Å². The third-order valence-electron chi connectivity index (χ3n) is 1.92. The third kappa shape index (κ3) is 3.79. The van der Waals surface area contributed by atoms with Gasteiger partial charge in [0.15, 0.2) is 5.75 Å². The zero-order valence-electron chi connectivity index (χ0n) is 7.65. The van der Waals surface area contributed by atoms with Crippen molar-refractivity contribution in [3.8, 4) is 5.75 Å². The second-order valence-corrected chi connectivity index (χ2v) is 5.41. The van der Waals surface area contributed by atoms with Gasteiger partial charge in [-0.1, -0.05) is 11.6 Å². The van der Waals surface area contributed by atoms with Crippen LogP contribution in [0.1, 0.15) is 0 Å². The first-order chi connectivity index (χ1) is 7.38. The van der Waals surface area contributed by atoms with Crippen molar-refractivity contribution >= 4 is 97.6 Å². The average Bonchev–Trinajstić information content (AvgIpc) is 2.53. The molecule has 9 heteroatoms. The van der Waals surface area contributed by atoms with E-state index in [2.05, 4.69) is 25.4 Å². The molecule has 0 aliphatic heterocycles. The molecule has 0 atom stereocenters. The quantitative estimate of drug-likeness (QED) is 0.563. The van der Waals surface area contributed by atoms with Gasteiger partial charge >= 0.3 is 59.2 Å². The summed E-state index contributed by atoms with van der Waals surface area (Å²) in [6.07, 6.45) is 1.35. The molecule has 1 aromatic carbocycles. The van der Waals surface area contributed by atoms with Crippen LogP contribution in [0, 0.1) is 0 Å². The van der Waals surface area contributed by atoms with Gasteiger partial charge in [0, 0.05) is 10.7 Å². The molecule has 0 radical (unpaired) electrons. The number of hydrogen-bond acceptors (Lipinski definition) is 2. The molecule has 5 nitrogen and oxygen atoms in total. The van der Waals surface area contributed by atoms with Crippen molar-refractivity contribution in [2.75, 3.05) is 0 Å². The third-order valence-corrected chi connectivity index (χ3v) is 3.63. The van der Waals surface area contributed by atoms with Gasteiger partial charge in [-0.15, -0.1) is 0 Å². The Morgan fingerprint density at radius 3 is 2.65 bits per heavy atom. The van der Waals surface area contributed by atoms with Gasteiger partial charge in [0.1, 0.15) is 0 Å². The van der Waals surface area contributed by atoms with Gasteiger partial charge in [0.05, 0.1) is 15.9 Å². The van der Waals surface area contributed by atoms with Gasteiger partial charge in [-0.3, -0.25) is 9.79 Å². The minimum atomic E-state index is -4.59. The second-order valence-electron chi connectivity index (χ2n) is 3.02. The molecule has 0 aliphatic rings. The van der Waals surface area contributed by atoms with Crippen molar-refractivity contribution in [3.05, 3.63) is 27.8 Å². The van der Waals surface area contributed by atoms with Crippen molar-refractivity contribution in [3.63, 3.8) is 0 Å². The average molecular weight is 367 g/mol. The molecule has 0 bridgehead atoms. The molecular weight excluding hydrogens is 360 g/mol. The number of rotatable bonds is 2. The van der Waals surface area contributed by atoms with Crippen LogP contribution in [0.15, 0.2) is 22.8 Å². The van der Waals surface area contributed by atoms with Crippen LogP contribution in [-0.4, -0.2) is 66.2 Å². The van der Waals surface area contributed by atoms with E-state index in [9.17, 15) is 4.57 Å². The molecule has 0 saturated heterocycles. The van der Waals surface area contributed by atoms with Gasteiger partial charge in [0.2, 0.25) is 0 Å². The van der Waals surface area contributed by atoms with E-state index in [0.717, 1.165) is 0 Å². The Labute approximate surface area is 153 Å². The Morgan fingerprint density at radius 1 is 1.41 bits per heavy atom. The number of benzene rings is 1. The normalized spacial score (nSPS) is 11.3. The van der Waals surface area contributed by atoms with E-state index in [1.165, 1.54) is 6.20 Å². The number of halogens is 2. The maximum absolute atomic E-state index is 10.7. The molecule has 0 amide bonds. The first-order valence-corrected chi connectivity index (χ1v) is 6.79. The molecule has 88 valence electrons. The topological polar surface area (TPSA) is 82.6 Å². The van der Waals surface area contributed by atoms with E-state index in [1.54, 1.807) is 12.1 Å². The summed E-state index contributed by atoms with van der Waals surface area (Å²) < 4.78 is 15.9. The van der Waals surface area contributed by atoms with Crippen LogP contribution >= 0.6 is 35.4 Å². The van der Waals surface area contributed by atoms with E-state index in [-0.39, 0.29) is 57.1 Å². The summed E-state index contributed by atoms with van der Waals surface area (Å²) in [5, 5.41) is 0.765. The van der Waals surface area contributed by atoms with Crippen LogP contribution in [0.4, 0.5) is 0 Å². The van der Waals surface area contributed by atoms with Gasteiger partial charge < -0.3 is 9.51 Å². The predicted octanol–water partition coefficient (Wildman–Crippen LogP) is 2.41. The number of nitrogens with one attached hydrogen (secondary N) is 1. The number of fused-ring (bicyclic) bond motifs is 1. The van der Waals surface area contributed by atoms with E-state index >= 15 is 0 Å². The number of aromatic nitrogens is 1. The fourth-order valence-corrected chi connectivity index (χ4v) is 2.32. The Bertz CT molecular complexity index is 598. The Hall–Kier alpha value is 1.12. The van der Waals surface area contributed by atoms with Crippen LogP contribution in [0.5, 0.6) is 5.75 Å². The monoisotopic (exact) mass is 365 g/mol. The SMILES string of the molecule is O=P(O)(O)Oc1c[nH]c2ccc(Br)c(Cl)c12.[KH]. The Morgan fingerprint density at radius 2 is 2.06 bits per heavy atom. The Balaban J connectivity index is 0.00000144. The summed E-state index contributed by atoms with van der Waals surface area (Å²) in [6.45, 7) is 0. The summed E-state index contributed by atoms with van der Waals surface area (Å²) in [4.78, 5) is 20.3. The van der Waals surface area contributed by atoms with Crippen molar-refractivity contribution in [2.24, 2.45) is 0 Å². The standard InChI is InChI=1S/C8H6BrClNO4P.K.H/c9-4-1-2-5-7(8(4)10)6(3-11-5)15-16(12,13)14;;/h1-3,11H,(H2,12,13,14);;. The molecule has 0 spiro atoms. The van der Waals surface area contributed by atoms with Crippen molar-refractivity contribution in [1.29, 1.82) is 0 Å². The molecule has 2 rings (SSSR count). The molecular formula is C8H7BrClKNO4P. The summed E-state index contributed by atoms with van der Waals surface area (Å²) in [5.41, 5.74) is 0.636. The van der Waals surface area contributed by atoms with Gasteiger partial charge in [-0.2, -0.15) is 0 Å². The van der Waals surface area contributed by atoms with Crippen LogP contribution in [0.25, 0.3) is 10.9 Å². The molecule has 2 aromatic rings. The van der Waals surface area contributed by atoms with Crippen molar-refractivity contribution in [1.82, 2.24) is 4.98 Å². The van der Waals surface area contributed by atoms with E-state index in [1.807, 2.05) is 0 Å². The fraction of sp³-hybridized carbons (Fsp3) is 0. The summed E-state index contributed by atoms with van der Waals surface area (Å²) in [5.74, 6) is 0.0228. The molecule has 0 saturated carbocycles. The summed E-state index contributed by atoms with van der Waals surface area (Å²) in [6, 6.07) is 3.44. The number of aromatic amines is 1. The zero-order chi connectivity index (χ0) is 11.9. The molecule has 0 unspecified atom stereocenters. The number of phosphoric acid groups is 1. The summed E-state index contributed by atoms with van der Waals surface area (Å²) in [7, 11) is -4.59. The maximum atomic E-state index is 10.7. The molecule has 17 heavy (non-hydrogen) atoms. The van der Waals surface area contributed by atoms with Crippen LogP contribution in [0.3, 0.4) is 0 Å². The molecule has 0 aliphatic carbocycles. The van der Waals surface area contributed by atoms with Crippen LogP contribution in [-0.2, 0) is 4.57 Å². The predicted molar refractivity (Wildman–Crippen MR) is 70.8 cm³/mol. The summed E-state index contributed by atoms with van der Waals surface area (Å²) >= 11 is 9.22. The van der Waals surface area contributed by atoms with Crippen molar-refractivity contribution < 1.29 is 18.9 Å². The van der Waals surface area contributed by atoms with Crippen LogP contribution < -0.4 is 4.52 Å². The van der Waals surface area contributed by atoms with Gasteiger partial charge in [-0.25, -0.2) is 4.57 Å².